The number of carbonyl (C=O) groups is 3. The Bertz CT molecular complexity index is 1330. The molecule has 1 saturated heterocycles. The van der Waals surface area contributed by atoms with Gasteiger partial charge in [0.1, 0.15) is 11.8 Å². The number of aromatic nitrogens is 1. The van der Waals surface area contributed by atoms with E-state index < -0.39 is 22.8 Å². The molecule has 3 amide bonds. The number of imide groups is 1. The minimum absolute atomic E-state index is 0.240. The Kier molecular flexibility index (Phi) is 6.40. The van der Waals surface area contributed by atoms with E-state index in [9.17, 15) is 14.4 Å². The lowest BCUT2D eigenvalue weighted by atomic mass is 9.62. The molecule has 1 aliphatic heterocycles. The molecule has 8 heteroatoms. The van der Waals surface area contributed by atoms with Gasteiger partial charge in [-0.2, -0.15) is 0 Å². The van der Waals surface area contributed by atoms with Crippen LogP contribution in [0.3, 0.4) is 0 Å². The van der Waals surface area contributed by atoms with Crippen molar-refractivity contribution in [3.8, 4) is 17.0 Å². The zero-order valence-electron chi connectivity index (χ0n) is 21.5. The third-order valence-corrected chi connectivity index (χ3v) is 9.22. The van der Waals surface area contributed by atoms with Crippen LogP contribution in [-0.2, 0) is 20.8 Å². The minimum atomic E-state index is -0.966. The summed E-state index contributed by atoms with van der Waals surface area (Å²) in [5.74, 6) is -0.464. The van der Waals surface area contributed by atoms with Crippen molar-refractivity contribution in [1.82, 2.24) is 9.88 Å². The number of carbonyl (C=O) groups excluding carboxylic acids is 3. The molecular formula is C29H31N3O4S. The highest BCUT2D eigenvalue weighted by atomic mass is 32.1. The van der Waals surface area contributed by atoms with Gasteiger partial charge in [-0.05, 0) is 48.1 Å². The van der Waals surface area contributed by atoms with Crippen LogP contribution < -0.4 is 10.1 Å². The maximum absolute atomic E-state index is 13.9. The van der Waals surface area contributed by atoms with Crippen LogP contribution in [-0.4, -0.2) is 40.8 Å². The molecule has 1 aromatic heterocycles. The molecule has 2 fully saturated rings. The summed E-state index contributed by atoms with van der Waals surface area (Å²) in [7, 11) is 1.61. The first-order valence-electron chi connectivity index (χ1n) is 12.5. The number of ether oxygens (including phenoxy) is 1. The predicted molar refractivity (Wildman–Crippen MR) is 143 cm³/mol. The van der Waals surface area contributed by atoms with E-state index in [-0.39, 0.29) is 24.2 Å². The second-order valence-electron chi connectivity index (χ2n) is 10.6. The zero-order chi connectivity index (χ0) is 26.4. The van der Waals surface area contributed by atoms with Crippen LogP contribution >= 0.6 is 11.3 Å². The van der Waals surface area contributed by atoms with Gasteiger partial charge in [0.25, 0.3) is 0 Å². The molecule has 5 rings (SSSR count). The van der Waals surface area contributed by atoms with E-state index >= 15 is 0 Å². The van der Waals surface area contributed by atoms with Crippen LogP contribution in [0.25, 0.3) is 11.3 Å². The maximum atomic E-state index is 13.9. The highest BCUT2D eigenvalue weighted by molar-refractivity contribution is 7.14. The van der Waals surface area contributed by atoms with Crippen molar-refractivity contribution in [3.05, 3.63) is 65.5 Å². The van der Waals surface area contributed by atoms with Crippen molar-refractivity contribution in [1.29, 1.82) is 0 Å². The van der Waals surface area contributed by atoms with Crippen molar-refractivity contribution < 1.29 is 19.1 Å². The molecule has 1 N–H and O–H groups in total. The van der Waals surface area contributed by atoms with Gasteiger partial charge in [0.15, 0.2) is 5.13 Å². The number of likely N-dealkylation sites (tertiary alicyclic amines) is 1. The van der Waals surface area contributed by atoms with Crippen LogP contribution in [0, 0.1) is 16.7 Å². The summed E-state index contributed by atoms with van der Waals surface area (Å²) in [6.45, 7) is 5.94. The molecule has 2 heterocycles. The van der Waals surface area contributed by atoms with Gasteiger partial charge in [-0.3, -0.25) is 19.3 Å². The van der Waals surface area contributed by atoms with E-state index in [1.54, 1.807) is 7.11 Å². The number of benzene rings is 2. The van der Waals surface area contributed by atoms with Crippen LogP contribution in [0.2, 0.25) is 0 Å². The molecule has 0 radical (unpaired) electrons. The molecule has 3 unspecified atom stereocenters. The van der Waals surface area contributed by atoms with Crippen LogP contribution in [0.4, 0.5) is 5.13 Å². The Labute approximate surface area is 220 Å². The molecule has 2 aliphatic rings. The number of hydrogen-bond donors (Lipinski definition) is 1. The molecule has 2 bridgehead atoms. The van der Waals surface area contributed by atoms with Gasteiger partial charge in [0.2, 0.25) is 17.7 Å². The molecule has 0 spiro atoms. The van der Waals surface area contributed by atoms with Gasteiger partial charge < -0.3 is 10.1 Å². The summed E-state index contributed by atoms with van der Waals surface area (Å²) in [6, 6.07) is 16.0. The van der Waals surface area contributed by atoms with Crippen molar-refractivity contribution in [2.24, 2.45) is 16.7 Å². The fourth-order valence-corrected chi connectivity index (χ4v) is 6.42. The second-order valence-corrected chi connectivity index (χ2v) is 11.5. The van der Waals surface area contributed by atoms with Crippen LogP contribution in [0.15, 0.2) is 60.0 Å². The smallest absolute Gasteiger partial charge is 0.249 e. The molecule has 1 saturated carbocycles. The summed E-state index contributed by atoms with van der Waals surface area (Å²) in [5, 5.41) is 5.18. The highest BCUT2D eigenvalue weighted by Gasteiger charge is 2.65. The van der Waals surface area contributed by atoms with Crippen molar-refractivity contribution in [2.45, 2.75) is 46.1 Å². The third kappa shape index (κ3) is 4.23. The number of fused-ring (bicyclic) bond motifs is 2. The number of hydrogen-bond acceptors (Lipinski definition) is 6. The topological polar surface area (TPSA) is 88.6 Å². The largest absolute Gasteiger partial charge is 0.497 e. The number of nitrogens with one attached hydrogen (secondary N) is 1. The van der Waals surface area contributed by atoms with Gasteiger partial charge in [-0.25, -0.2) is 4.98 Å². The highest BCUT2D eigenvalue weighted by Crippen LogP contribution is 2.60. The first kappa shape index (κ1) is 25.1. The SMILES string of the molecule is COc1ccc(-c2csc(NC(=O)C(Cc3ccccc3)N3C(=O)C4CCC(C)(C3=O)C4(C)C)n2)cc1. The molecule has 3 atom stereocenters. The first-order valence-corrected chi connectivity index (χ1v) is 13.4. The standard InChI is InChI=1S/C29H31N3O4S/c1-28(2)21-14-15-29(28,3)26(35)32(25(21)34)23(16-18-8-6-5-7-9-18)24(33)31-27-30-22(17-37-27)19-10-12-20(36-4)13-11-19/h5-13,17,21,23H,14-16H2,1-4H3,(H,30,31,33). The zero-order valence-corrected chi connectivity index (χ0v) is 22.3. The number of anilines is 1. The van der Waals surface area contributed by atoms with Crippen molar-refractivity contribution >= 4 is 34.2 Å². The van der Waals surface area contributed by atoms with Gasteiger partial charge in [0.05, 0.1) is 18.2 Å². The number of thiazole rings is 1. The fraction of sp³-hybridized carbons (Fsp3) is 0.379. The van der Waals surface area contributed by atoms with Crippen LogP contribution in [0.1, 0.15) is 39.2 Å². The molecule has 192 valence electrons. The quantitative estimate of drug-likeness (QED) is 0.436. The summed E-state index contributed by atoms with van der Waals surface area (Å²) < 4.78 is 5.22. The van der Waals surface area contributed by atoms with Crippen molar-refractivity contribution in [2.75, 3.05) is 12.4 Å². The van der Waals surface area contributed by atoms with E-state index in [1.807, 2.05) is 80.7 Å². The maximum Gasteiger partial charge on any atom is 0.249 e. The molecule has 1 aliphatic carbocycles. The monoisotopic (exact) mass is 517 g/mol. The Morgan fingerprint density at radius 1 is 1.14 bits per heavy atom. The lowest BCUT2D eigenvalue weighted by molar-refractivity contribution is -0.172. The normalized spacial score (nSPS) is 23.1. The minimum Gasteiger partial charge on any atom is -0.497 e. The van der Waals surface area contributed by atoms with Crippen LogP contribution in [0.5, 0.6) is 5.75 Å². The van der Waals surface area contributed by atoms with Gasteiger partial charge in [-0.15, -0.1) is 11.3 Å². The Morgan fingerprint density at radius 2 is 1.84 bits per heavy atom. The summed E-state index contributed by atoms with van der Waals surface area (Å²) in [6.07, 6.45) is 1.54. The molecular weight excluding hydrogens is 486 g/mol. The number of nitrogens with zero attached hydrogens (tertiary/aromatic N) is 2. The Hall–Kier alpha value is -3.52. The lowest BCUT2D eigenvalue weighted by Gasteiger charge is -2.49. The number of rotatable bonds is 7. The van der Waals surface area contributed by atoms with Gasteiger partial charge in [-0.1, -0.05) is 51.1 Å². The summed E-state index contributed by atoms with van der Waals surface area (Å²) >= 11 is 1.30. The Morgan fingerprint density at radius 3 is 2.51 bits per heavy atom. The fourth-order valence-electron chi connectivity index (χ4n) is 5.70. The Balaban J connectivity index is 1.44. The van der Waals surface area contributed by atoms with E-state index in [4.69, 9.17) is 4.74 Å². The number of piperidine rings is 1. The predicted octanol–water partition coefficient (Wildman–Crippen LogP) is 5.18. The average Bonchev–Trinajstić information content (AvgIpc) is 3.42. The van der Waals surface area contributed by atoms with E-state index in [2.05, 4.69) is 10.3 Å². The first-order chi connectivity index (χ1) is 17.7. The third-order valence-electron chi connectivity index (χ3n) is 8.46. The molecule has 7 nitrogen and oxygen atoms in total. The molecule has 37 heavy (non-hydrogen) atoms. The summed E-state index contributed by atoms with van der Waals surface area (Å²) in [4.78, 5) is 47.1. The summed E-state index contributed by atoms with van der Waals surface area (Å²) in [5.41, 5.74) is 1.35. The van der Waals surface area contributed by atoms with Gasteiger partial charge >= 0.3 is 0 Å². The molecule has 2 aromatic carbocycles. The van der Waals surface area contributed by atoms with E-state index in [0.29, 0.717) is 18.0 Å². The van der Waals surface area contributed by atoms with Gasteiger partial charge in [0, 0.05) is 23.3 Å². The second kappa shape index (κ2) is 9.41. The number of amides is 3. The molecule has 3 aromatic rings. The van der Waals surface area contributed by atoms with E-state index in [1.165, 1.54) is 16.2 Å². The average molecular weight is 518 g/mol. The number of methoxy groups -OCH3 is 1. The lowest BCUT2D eigenvalue weighted by Crippen LogP contribution is -2.64. The van der Waals surface area contributed by atoms with E-state index in [0.717, 1.165) is 22.6 Å². The van der Waals surface area contributed by atoms with Crippen molar-refractivity contribution in [3.63, 3.8) is 0 Å².